The molecule has 134 valence electrons. The lowest BCUT2D eigenvalue weighted by atomic mass is 9.97. The molecule has 1 amide bonds. The zero-order valence-corrected chi connectivity index (χ0v) is 14.5. The molecule has 0 unspecified atom stereocenters. The zero-order chi connectivity index (χ0) is 17.8. The fraction of sp³-hybridized carbons (Fsp3) is 0.529. The maximum absolute atomic E-state index is 12.7. The van der Waals surface area contributed by atoms with E-state index in [4.69, 9.17) is 9.47 Å². The van der Waals surface area contributed by atoms with Gasteiger partial charge < -0.3 is 14.4 Å². The first kappa shape index (κ1) is 17.2. The molecule has 0 N–H and O–H groups in total. The molecule has 8 heteroatoms. The van der Waals surface area contributed by atoms with Gasteiger partial charge in [0.05, 0.1) is 25.3 Å². The molecule has 0 aromatic carbocycles. The van der Waals surface area contributed by atoms with Gasteiger partial charge in [-0.15, -0.1) is 5.10 Å². The molecule has 1 saturated heterocycles. The van der Waals surface area contributed by atoms with Crippen LogP contribution in [0.1, 0.15) is 37.2 Å². The highest BCUT2D eigenvalue weighted by Crippen LogP contribution is 2.20. The predicted molar refractivity (Wildman–Crippen MR) is 89.4 cm³/mol. The van der Waals surface area contributed by atoms with Crippen LogP contribution < -0.4 is 4.74 Å². The molecular formula is C17H22N4O4. The van der Waals surface area contributed by atoms with Crippen LogP contribution in [0.5, 0.6) is 5.88 Å². The molecular weight excluding hydrogens is 324 g/mol. The largest absolute Gasteiger partial charge is 0.477 e. The van der Waals surface area contributed by atoms with Crippen molar-refractivity contribution in [3.8, 4) is 5.88 Å². The van der Waals surface area contributed by atoms with E-state index in [0.717, 1.165) is 0 Å². The van der Waals surface area contributed by atoms with Gasteiger partial charge in [0.25, 0.3) is 5.91 Å². The van der Waals surface area contributed by atoms with Gasteiger partial charge in [-0.05, 0) is 32.8 Å². The Labute approximate surface area is 145 Å². The molecule has 0 spiro atoms. The molecule has 2 aromatic heterocycles. The number of ether oxygens (including phenoxy) is 2. The summed E-state index contributed by atoms with van der Waals surface area (Å²) in [5.41, 5.74) is 0.934. The van der Waals surface area contributed by atoms with Crippen molar-refractivity contribution in [2.75, 3.05) is 26.3 Å². The monoisotopic (exact) mass is 346 g/mol. The van der Waals surface area contributed by atoms with E-state index in [2.05, 4.69) is 10.1 Å². The van der Waals surface area contributed by atoms with Crippen molar-refractivity contribution in [2.24, 2.45) is 5.92 Å². The highest BCUT2D eigenvalue weighted by Gasteiger charge is 2.29. The van der Waals surface area contributed by atoms with Crippen molar-refractivity contribution in [1.29, 1.82) is 0 Å². The summed E-state index contributed by atoms with van der Waals surface area (Å²) in [4.78, 5) is 30.5. The topological polar surface area (TPSA) is 86.0 Å². The summed E-state index contributed by atoms with van der Waals surface area (Å²) in [5, 5.41) is 4.27. The summed E-state index contributed by atoms with van der Waals surface area (Å²) in [7, 11) is 0. The number of nitrogens with zero attached hydrogens (tertiary/aromatic N) is 4. The second-order valence-corrected chi connectivity index (χ2v) is 5.85. The van der Waals surface area contributed by atoms with Crippen molar-refractivity contribution < 1.29 is 19.1 Å². The Morgan fingerprint density at radius 2 is 1.96 bits per heavy atom. The van der Waals surface area contributed by atoms with Gasteiger partial charge in [-0.2, -0.15) is 0 Å². The Kier molecular flexibility index (Phi) is 5.16. The van der Waals surface area contributed by atoms with Crippen LogP contribution in [0, 0.1) is 5.92 Å². The lowest BCUT2D eigenvalue weighted by Gasteiger charge is -2.30. The Morgan fingerprint density at radius 3 is 2.64 bits per heavy atom. The fourth-order valence-corrected chi connectivity index (χ4v) is 2.93. The number of fused-ring (bicyclic) bond motifs is 1. The lowest BCUT2D eigenvalue weighted by Crippen LogP contribution is -2.40. The van der Waals surface area contributed by atoms with E-state index in [1.807, 2.05) is 6.92 Å². The summed E-state index contributed by atoms with van der Waals surface area (Å²) in [6, 6.07) is 3.49. The average molecular weight is 346 g/mol. The zero-order valence-electron chi connectivity index (χ0n) is 14.5. The molecule has 1 fully saturated rings. The fourth-order valence-electron chi connectivity index (χ4n) is 2.93. The molecule has 0 atom stereocenters. The Balaban J connectivity index is 1.67. The van der Waals surface area contributed by atoms with Crippen molar-refractivity contribution in [3.05, 3.63) is 24.0 Å². The highest BCUT2D eigenvalue weighted by atomic mass is 16.5. The standard InChI is InChI=1S/C17H22N4O4/c1-3-24-15-6-5-14-18-13(11-21(14)19-15)16(22)20-9-7-12(8-10-20)17(23)25-4-2/h5-6,11-12H,3-4,7-10H2,1-2H3. The third-order valence-corrected chi connectivity index (χ3v) is 4.21. The second-order valence-electron chi connectivity index (χ2n) is 5.85. The van der Waals surface area contributed by atoms with Gasteiger partial charge >= 0.3 is 5.97 Å². The van der Waals surface area contributed by atoms with E-state index in [1.165, 1.54) is 0 Å². The minimum Gasteiger partial charge on any atom is -0.477 e. The molecule has 8 nitrogen and oxygen atoms in total. The number of imidazole rings is 1. The van der Waals surface area contributed by atoms with Gasteiger partial charge in [-0.25, -0.2) is 9.50 Å². The highest BCUT2D eigenvalue weighted by molar-refractivity contribution is 5.93. The molecule has 0 radical (unpaired) electrons. The summed E-state index contributed by atoms with van der Waals surface area (Å²) >= 11 is 0. The number of carbonyl (C=O) groups excluding carboxylic acids is 2. The molecule has 1 aliphatic rings. The molecule has 3 heterocycles. The number of aromatic nitrogens is 3. The molecule has 0 aliphatic carbocycles. The van der Waals surface area contributed by atoms with Crippen LogP contribution in [0.25, 0.3) is 5.65 Å². The number of likely N-dealkylation sites (tertiary alicyclic amines) is 1. The first-order chi connectivity index (χ1) is 12.1. The van der Waals surface area contributed by atoms with E-state index in [1.54, 1.807) is 34.7 Å². The van der Waals surface area contributed by atoms with E-state index in [9.17, 15) is 9.59 Å². The van der Waals surface area contributed by atoms with E-state index in [0.29, 0.717) is 56.4 Å². The van der Waals surface area contributed by atoms with Crippen LogP contribution in [-0.2, 0) is 9.53 Å². The van der Waals surface area contributed by atoms with Gasteiger partial charge in [-0.3, -0.25) is 9.59 Å². The number of rotatable bonds is 5. The number of carbonyl (C=O) groups is 2. The number of amides is 1. The van der Waals surface area contributed by atoms with Crippen molar-refractivity contribution >= 4 is 17.5 Å². The maximum atomic E-state index is 12.7. The normalized spacial score (nSPS) is 15.4. The smallest absolute Gasteiger partial charge is 0.309 e. The SMILES string of the molecule is CCOC(=O)C1CCN(C(=O)c2cn3nc(OCC)ccc3n2)CC1. The maximum Gasteiger partial charge on any atom is 0.309 e. The van der Waals surface area contributed by atoms with Gasteiger partial charge in [0.1, 0.15) is 5.69 Å². The van der Waals surface area contributed by atoms with E-state index >= 15 is 0 Å². The average Bonchev–Trinajstić information content (AvgIpc) is 3.05. The van der Waals surface area contributed by atoms with Gasteiger partial charge in [0.2, 0.25) is 5.88 Å². The first-order valence-electron chi connectivity index (χ1n) is 8.57. The van der Waals surface area contributed by atoms with Crippen LogP contribution in [0.2, 0.25) is 0 Å². The molecule has 25 heavy (non-hydrogen) atoms. The molecule has 2 aromatic rings. The number of hydrogen-bond acceptors (Lipinski definition) is 6. The van der Waals surface area contributed by atoms with Gasteiger partial charge in [-0.1, -0.05) is 0 Å². The van der Waals surface area contributed by atoms with Crippen LogP contribution in [-0.4, -0.2) is 57.7 Å². The van der Waals surface area contributed by atoms with E-state index < -0.39 is 0 Å². The minimum absolute atomic E-state index is 0.125. The lowest BCUT2D eigenvalue weighted by molar-refractivity contribution is -0.149. The Morgan fingerprint density at radius 1 is 1.20 bits per heavy atom. The number of piperidine rings is 1. The van der Waals surface area contributed by atoms with Crippen LogP contribution in [0.15, 0.2) is 18.3 Å². The van der Waals surface area contributed by atoms with Crippen LogP contribution >= 0.6 is 0 Å². The van der Waals surface area contributed by atoms with Crippen LogP contribution in [0.4, 0.5) is 0 Å². The van der Waals surface area contributed by atoms with Crippen LogP contribution in [0.3, 0.4) is 0 Å². The van der Waals surface area contributed by atoms with E-state index in [-0.39, 0.29) is 17.8 Å². The molecule has 0 saturated carbocycles. The minimum atomic E-state index is -0.171. The first-order valence-corrected chi connectivity index (χ1v) is 8.57. The summed E-state index contributed by atoms with van der Waals surface area (Å²) in [6.45, 7) is 5.63. The van der Waals surface area contributed by atoms with Crippen molar-refractivity contribution in [3.63, 3.8) is 0 Å². The number of esters is 1. The third-order valence-electron chi connectivity index (χ3n) is 4.21. The summed E-state index contributed by atoms with van der Waals surface area (Å²) in [5.74, 6) is 0.0443. The predicted octanol–water partition coefficient (Wildman–Crippen LogP) is 1.54. The van der Waals surface area contributed by atoms with Gasteiger partial charge in [0.15, 0.2) is 5.65 Å². The Bertz CT molecular complexity index is 765. The van der Waals surface area contributed by atoms with Crippen molar-refractivity contribution in [1.82, 2.24) is 19.5 Å². The quantitative estimate of drug-likeness (QED) is 0.764. The second kappa shape index (κ2) is 7.50. The molecule has 3 rings (SSSR count). The summed E-state index contributed by atoms with van der Waals surface area (Å²) < 4.78 is 12.0. The van der Waals surface area contributed by atoms with Crippen molar-refractivity contribution in [2.45, 2.75) is 26.7 Å². The molecule has 0 bridgehead atoms. The Hall–Kier alpha value is -2.64. The number of hydrogen-bond donors (Lipinski definition) is 0. The molecule has 1 aliphatic heterocycles. The van der Waals surface area contributed by atoms with Gasteiger partial charge in [0, 0.05) is 19.2 Å². The summed E-state index contributed by atoms with van der Waals surface area (Å²) in [6.07, 6.45) is 2.84. The third kappa shape index (κ3) is 3.72.